The zero-order chi connectivity index (χ0) is 10.8. The molecule has 4 nitrogen and oxygen atoms in total. The molecule has 2 rings (SSSR count). The first-order valence-electron chi connectivity index (χ1n) is 5.16. The molecule has 1 aromatic rings. The Hall–Kier alpha value is -1.58. The van der Waals surface area contributed by atoms with Gasteiger partial charge >= 0.3 is 0 Å². The number of hydrogen-bond donors (Lipinski definition) is 0. The molecule has 15 heavy (non-hydrogen) atoms. The summed E-state index contributed by atoms with van der Waals surface area (Å²) in [5.74, 6) is 0.685. The van der Waals surface area contributed by atoms with Crippen molar-refractivity contribution in [2.75, 3.05) is 18.0 Å². The van der Waals surface area contributed by atoms with Gasteiger partial charge in [0.25, 0.3) is 5.69 Å². The fourth-order valence-corrected chi connectivity index (χ4v) is 1.97. The van der Waals surface area contributed by atoms with Crippen LogP contribution in [0.15, 0.2) is 24.3 Å². The highest BCUT2D eigenvalue weighted by atomic mass is 16.6. The van der Waals surface area contributed by atoms with Crippen LogP contribution >= 0.6 is 0 Å². The lowest BCUT2D eigenvalue weighted by Crippen LogP contribution is -2.18. The average molecular weight is 206 g/mol. The predicted molar refractivity (Wildman–Crippen MR) is 59.1 cm³/mol. The molecule has 1 aliphatic rings. The molecule has 1 aliphatic heterocycles. The highest BCUT2D eigenvalue weighted by Crippen LogP contribution is 2.26. The molecule has 0 spiro atoms. The molecule has 0 radical (unpaired) electrons. The predicted octanol–water partition coefficient (Wildman–Crippen LogP) is 2.44. The molecule has 0 saturated carbocycles. The average Bonchev–Trinajstić information content (AvgIpc) is 2.65. The van der Waals surface area contributed by atoms with Crippen LogP contribution in [-0.4, -0.2) is 18.0 Å². The summed E-state index contributed by atoms with van der Waals surface area (Å²) < 4.78 is 0. The second-order valence-electron chi connectivity index (χ2n) is 4.12. The molecule has 0 N–H and O–H groups in total. The summed E-state index contributed by atoms with van der Waals surface area (Å²) in [6.45, 7) is 4.21. The van der Waals surface area contributed by atoms with Gasteiger partial charge in [0, 0.05) is 30.9 Å². The Kier molecular flexibility index (Phi) is 2.58. The number of non-ortho nitro benzene ring substituents is 1. The third-order valence-electron chi connectivity index (χ3n) is 2.83. The van der Waals surface area contributed by atoms with E-state index in [1.165, 1.54) is 12.5 Å². The van der Waals surface area contributed by atoms with Gasteiger partial charge in [-0.05, 0) is 18.4 Å². The van der Waals surface area contributed by atoms with Crippen molar-refractivity contribution in [1.29, 1.82) is 0 Å². The van der Waals surface area contributed by atoms with Crippen molar-refractivity contribution < 1.29 is 4.92 Å². The Balaban J connectivity index is 2.21. The molecule has 4 heteroatoms. The monoisotopic (exact) mass is 206 g/mol. The maximum absolute atomic E-state index is 10.6. The normalized spacial score (nSPS) is 20.6. The van der Waals surface area contributed by atoms with E-state index in [9.17, 15) is 10.1 Å². The van der Waals surface area contributed by atoms with Crippen molar-refractivity contribution in [3.63, 3.8) is 0 Å². The molecule has 1 heterocycles. The number of rotatable bonds is 2. The molecular weight excluding hydrogens is 192 g/mol. The molecule has 0 amide bonds. The van der Waals surface area contributed by atoms with Crippen molar-refractivity contribution in [3.05, 3.63) is 34.4 Å². The van der Waals surface area contributed by atoms with Crippen LogP contribution in [0.2, 0.25) is 0 Å². The van der Waals surface area contributed by atoms with Gasteiger partial charge in [0.15, 0.2) is 0 Å². The van der Waals surface area contributed by atoms with E-state index in [1.54, 1.807) is 12.1 Å². The van der Waals surface area contributed by atoms with Crippen LogP contribution in [0.25, 0.3) is 0 Å². The van der Waals surface area contributed by atoms with Crippen LogP contribution in [0.5, 0.6) is 0 Å². The molecule has 1 atom stereocenters. The van der Waals surface area contributed by atoms with E-state index in [0.717, 1.165) is 18.8 Å². The summed E-state index contributed by atoms with van der Waals surface area (Å²) in [6.07, 6.45) is 1.17. The summed E-state index contributed by atoms with van der Waals surface area (Å²) in [4.78, 5) is 12.5. The molecule has 1 saturated heterocycles. The van der Waals surface area contributed by atoms with Crippen LogP contribution in [0.3, 0.4) is 0 Å². The largest absolute Gasteiger partial charge is 0.371 e. The Morgan fingerprint density at radius 2 is 2.33 bits per heavy atom. The Bertz CT molecular complexity index is 379. The number of anilines is 1. The van der Waals surface area contributed by atoms with E-state index in [0.29, 0.717) is 5.92 Å². The number of nitro groups is 1. The van der Waals surface area contributed by atoms with Crippen molar-refractivity contribution >= 4 is 11.4 Å². The van der Waals surface area contributed by atoms with E-state index in [4.69, 9.17) is 0 Å². The topological polar surface area (TPSA) is 46.4 Å². The number of hydrogen-bond acceptors (Lipinski definition) is 3. The molecule has 80 valence electrons. The zero-order valence-corrected chi connectivity index (χ0v) is 8.72. The molecule has 1 aromatic carbocycles. The smallest absolute Gasteiger partial charge is 0.271 e. The van der Waals surface area contributed by atoms with E-state index < -0.39 is 0 Å². The third-order valence-corrected chi connectivity index (χ3v) is 2.83. The van der Waals surface area contributed by atoms with Crippen molar-refractivity contribution in [1.82, 2.24) is 0 Å². The minimum Gasteiger partial charge on any atom is -0.371 e. The molecular formula is C11H14N2O2. The summed E-state index contributed by atoms with van der Waals surface area (Å²) >= 11 is 0. The fourth-order valence-electron chi connectivity index (χ4n) is 1.97. The van der Waals surface area contributed by atoms with Gasteiger partial charge in [-0.1, -0.05) is 13.0 Å². The van der Waals surface area contributed by atoms with Crippen LogP contribution < -0.4 is 4.90 Å². The first kappa shape index (κ1) is 9.96. The Labute approximate surface area is 88.7 Å². The first-order valence-corrected chi connectivity index (χ1v) is 5.16. The molecule has 1 fully saturated rings. The van der Waals surface area contributed by atoms with Crippen molar-refractivity contribution in [2.24, 2.45) is 5.92 Å². The van der Waals surface area contributed by atoms with Crippen LogP contribution in [0, 0.1) is 16.0 Å². The SMILES string of the molecule is C[C@H]1CCN(c2cccc([N+](=O)[O-])c2)C1. The van der Waals surface area contributed by atoms with Gasteiger partial charge in [-0.25, -0.2) is 0 Å². The Morgan fingerprint density at radius 3 is 2.93 bits per heavy atom. The van der Waals surface area contributed by atoms with E-state index in [-0.39, 0.29) is 10.6 Å². The molecule has 0 aromatic heterocycles. The second kappa shape index (κ2) is 3.88. The summed E-state index contributed by atoms with van der Waals surface area (Å²) in [6, 6.07) is 6.86. The lowest BCUT2D eigenvalue weighted by molar-refractivity contribution is -0.384. The van der Waals surface area contributed by atoms with E-state index in [1.807, 2.05) is 6.07 Å². The first-order chi connectivity index (χ1) is 7.16. The summed E-state index contributed by atoms with van der Waals surface area (Å²) in [5, 5.41) is 10.6. The Morgan fingerprint density at radius 1 is 1.53 bits per heavy atom. The van der Waals surface area contributed by atoms with E-state index in [2.05, 4.69) is 11.8 Å². The van der Waals surface area contributed by atoms with Gasteiger partial charge in [0.1, 0.15) is 0 Å². The second-order valence-corrected chi connectivity index (χ2v) is 4.12. The highest BCUT2D eigenvalue weighted by molar-refractivity contribution is 5.53. The van der Waals surface area contributed by atoms with Gasteiger partial charge in [-0.3, -0.25) is 10.1 Å². The summed E-state index contributed by atoms with van der Waals surface area (Å²) in [7, 11) is 0. The lowest BCUT2D eigenvalue weighted by Gasteiger charge is -2.17. The van der Waals surface area contributed by atoms with Crippen LogP contribution in [0.1, 0.15) is 13.3 Å². The molecule has 0 unspecified atom stereocenters. The van der Waals surface area contributed by atoms with Crippen LogP contribution in [0.4, 0.5) is 11.4 Å². The van der Waals surface area contributed by atoms with Crippen molar-refractivity contribution in [2.45, 2.75) is 13.3 Å². The van der Waals surface area contributed by atoms with Gasteiger partial charge < -0.3 is 4.90 Å². The lowest BCUT2D eigenvalue weighted by atomic mass is 10.2. The molecule has 0 aliphatic carbocycles. The number of nitrogens with zero attached hydrogens (tertiary/aromatic N) is 2. The maximum atomic E-state index is 10.6. The van der Waals surface area contributed by atoms with Gasteiger partial charge in [-0.15, -0.1) is 0 Å². The zero-order valence-electron chi connectivity index (χ0n) is 8.72. The van der Waals surface area contributed by atoms with Gasteiger partial charge in [-0.2, -0.15) is 0 Å². The standard InChI is InChI=1S/C11H14N2O2/c1-9-5-6-12(8-9)10-3-2-4-11(7-10)13(14)15/h2-4,7,9H,5-6,8H2,1H3/t9-/m0/s1. The minimum atomic E-state index is -0.344. The maximum Gasteiger partial charge on any atom is 0.271 e. The fraction of sp³-hybridized carbons (Fsp3) is 0.455. The van der Waals surface area contributed by atoms with E-state index >= 15 is 0 Å². The minimum absolute atomic E-state index is 0.173. The van der Waals surface area contributed by atoms with Gasteiger partial charge in [0.2, 0.25) is 0 Å². The number of nitro benzene ring substituents is 1. The highest BCUT2D eigenvalue weighted by Gasteiger charge is 2.20. The summed E-state index contributed by atoms with van der Waals surface area (Å²) in [5.41, 5.74) is 1.14. The van der Waals surface area contributed by atoms with Crippen LogP contribution in [-0.2, 0) is 0 Å². The third kappa shape index (κ3) is 2.09. The molecule has 0 bridgehead atoms. The van der Waals surface area contributed by atoms with Gasteiger partial charge in [0.05, 0.1) is 4.92 Å². The number of benzene rings is 1. The van der Waals surface area contributed by atoms with Crippen molar-refractivity contribution in [3.8, 4) is 0 Å². The quantitative estimate of drug-likeness (QED) is 0.551.